The predicted octanol–water partition coefficient (Wildman–Crippen LogP) is 2.44. The van der Waals surface area contributed by atoms with Crippen LogP contribution >= 0.6 is 15.9 Å². The maximum atomic E-state index is 4.40. The molecule has 1 atom stereocenters. The molecule has 110 valence electrons. The van der Waals surface area contributed by atoms with Crippen molar-refractivity contribution < 1.29 is 0 Å². The number of hydrogen-bond acceptors (Lipinski definition) is 6. The molecule has 0 aliphatic carbocycles. The van der Waals surface area contributed by atoms with Crippen molar-refractivity contribution in [1.29, 1.82) is 0 Å². The summed E-state index contributed by atoms with van der Waals surface area (Å²) in [6, 6.07) is 4.29. The van der Waals surface area contributed by atoms with Crippen LogP contribution < -0.4 is 9.80 Å². The molecule has 0 N–H and O–H groups in total. The normalized spacial score (nSPS) is 18.0. The first-order valence-electron chi connectivity index (χ1n) is 6.90. The van der Waals surface area contributed by atoms with Crippen molar-refractivity contribution in [3.05, 3.63) is 34.8 Å². The highest BCUT2D eigenvalue weighted by Gasteiger charge is 2.29. The molecule has 1 aliphatic rings. The van der Waals surface area contributed by atoms with Gasteiger partial charge in [-0.1, -0.05) is 0 Å². The number of anilines is 2. The summed E-state index contributed by atoms with van der Waals surface area (Å²) in [5.74, 6) is 1.79. The van der Waals surface area contributed by atoms with E-state index >= 15 is 0 Å². The maximum Gasteiger partial charge on any atom is 0.150 e. The highest BCUT2D eigenvalue weighted by Crippen LogP contribution is 2.37. The first-order chi connectivity index (χ1) is 10.2. The number of hydrogen-bond donors (Lipinski definition) is 0. The van der Waals surface area contributed by atoms with E-state index in [4.69, 9.17) is 0 Å². The SMILES string of the molecule is CN(C)c1ccc(C2CCCN2c2ncncc2Br)nn1. The largest absolute Gasteiger partial charge is 0.361 e. The van der Waals surface area contributed by atoms with Gasteiger partial charge in [0.2, 0.25) is 0 Å². The lowest BCUT2D eigenvalue weighted by Gasteiger charge is -2.25. The Labute approximate surface area is 132 Å². The molecule has 1 aliphatic heterocycles. The number of nitrogens with zero attached hydrogens (tertiary/aromatic N) is 6. The van der Waals surface area contributed by atoms with Crippen LogP contribution in [0.1, 0.15) is 24.6 Å². The first kappa shape index (κ1) is 14.2. The molecular weight excluding hydrogens is 332 g/mol. The quantitative estimate of drug-likeness (QED) is 0.848. The zero-order valence-electron chi connectivity index (χ0n) is 12.1. The van der Waals surface area contributed by atoms with E-state index in [9.17, 15) is 0 Å². The Morgan fingerprint density at radius 1 is 1.29 bits per heavy atom. The van der Waals surface area contributed by atoms with Gasteiger partial charge in [-0.15, -0.1) is 5.10 Å². The third kappa shape index (κ3) is 2.83. The Bertz CT molecular complexity index is 615. The van der Waals surface area contributed by atoms with Gasteiger partial charge in [0, 0.05) is 26.8 Å². The van der Waals surface area contributed by atoms with Crippen molar-refractivity contribution in [2.75, 3.05) is 30.4 Å². The van der Waals surface area contributed by atoms with E-state index in [0.717, 1.165) is 41.2 Å². The molecule has 0 bridgehead atoms. The summed E-state index contributed by atoms with van der Waals surface area (Å²) in [4.78, 5) is 12.6. The second-order valence-corrected chi connectivity index (χ2v) is 6.11. The van der Waals surface area contributed by atoms with Crippen LogP contribution in [0.15, 0.2) is 29.1 Å². The second-order valence-electron chi connectivity index (χ2n) is 5.26. The third-order valence-corrected chi connectivity index (χ3v) is 4.20. The fraction of sp³-hybridized carbons (Fsp3) is 0.429. The Balaban J connectivity index is 1.89. The minimum absolute atomic E-state index is 0.222. The summed E-state index contributed by atoms with van der Waals surface area (Å²) >= 11 is 3.53. The Hall–Kier alpha value is -1.76. The average molecular weight is 349 g/mol. The van der Waals surface area contributed by atoms with Gasteiger partial charge in [0.1, 0.15) is 12.1 Å². The summed E-state index contributed by atoms with van der Waals surface area (Å²) < 4.78 is 0.912. The minimum Gasteiger partial charge on any atom is -0.361 e. The van der Waals surface area contributed by atoms with Crippen molar-refractivity contribution >= 4 is 27.6 Å². The van der Waals surface area contributed by atoms with E-state index in [1.807, 2.05) is 25.1 Å². The molecule has 6 nitrogen and oxygen atoms in total. The predicted molar refractivity (Wildman–Crippen MR) is 85.4 cm³/mol. The molecule has 0 amide bonds. The van der Waals surface area contributed by atoms with Crippen LogP contribution in [0, 0.1) is 0 Å². The zero-order chi connectivity index (χ0) is 14.8. The van der Waals surface area contributed by atoms with Gasteiger partial charge in [0.25, 0.3) is 0 Å². The lowest BCUT2D eigenvalue weighted by molar-refractivity contribution is 0.670. The zero-order valence-corrected chi connectivity index (χ0v) is 13.7. The maximum absolute atomic E-state index is 4.40. The second kappa shape index (κ2) is 5.93. The summed E-state index contributed by atoms with van der Waals surface area (Å²) in [6.07, 6.45) is 5.54. The fourth-order valence-corrected chi connectivity index (χ4v) is 3.05. The lowest BCUT2D eigenvalue weighted by Crippen LogP contribution is -2.25. The highest BCUT2D eigenvalue weighted by atomic mass is 79.9. The molecule has 3 rings (SSSR count). The number of rotatable bonds is 3. The number of halogens is 1. The summed E-state index contributed by atoms with van der Waals surface area (Å²) in [6.45, 7) is 0.970. The Kier molecular flexibility index (Phi) is 4.01. The molecular formula is C14H17BrN6. The Morgan fingerprint density at radius 3 is 2.81 bits per heavy atom. The van der Waals surface area contributed by atoms with Gasteiger partial charge in [0.05, 0.1) is 16.2 Å². The van der Waals surface area contributed by atoms with E-state index in [-0.39, 0.29) is 6.04 Å². The topological polar surface area (TPSA) is 58.0 Å². The lowest BCUT2D eigenvalue weighted by atomic mass is 10.1. The van der Waals surface area contributed by atoms with Gasteiger partial charge < -0.3 is 9.80 Å². The van der Waals surface area contributed by atoms with Crippen molar-refractivity contribution in [3.63, 3.8) is 0 Å². The standard InChI is InChI=1S/C14H17BrN6/c1-20(2)13-6-5-11(18-19-13)12-4-3-7-21(12)14-10(15)8-16-9-17-14/h5-6,8-9,12H,3-4,7H2,1-2H3. The molecule has 7 heteroatoms. The van der Waals surface area contributed by atoms with Gasteiger partial charge in [-0.2, -0.15) is 5.10 Å². The summed E-state index contributed by atoms with van der Waals surface area (Å²) in [5.41, 5.74) is 0.989. The summed E-state index contributed by atoms with van der Waals surface area (Å²) in [7, 11) is 3.92. The van der Waals surface area contributed by atoms with E-state index < -0.39 is 0 Å². The molecule has 3 heterocycles. The fourth-order valence-electron chi connectivity index (χ4n) is 2.60. The first-order valence-corrected chi connectivity index (χ1v) is 7.69. The molecule has 0 radical (unpaired) electrons. The van der Waals surface area contributed by atoms with Gasteiger partial charge >= 0.3 is 0 Å². The molecule has 21 heavy (non-hydrogen) atoms. The summed E-state index contributed by atoms with van der Waals surface area (Å²) in [5, 5.41) is 8.67. The van der Waals surface area contributed by atoms with E-state index in [2.05, 4.69) is 47.1 Å². The molecule has 1 unspecified atom stereocenters. The average Bonchev–Trinajstić information content (AvgIpc) is 2.97. The third-order valence-electron chi connectivity index (χ3n) is 3.64. The minimum atomic E-state index is 0.222. The number of aromatic nitrogens is 4. The van der Waals surface area contributed by atoms with E-state index in [1.54, 1.807) is 12.5 Å². The smallest absolute Gasteiger partial charge is 0.150 e. The van der Waals surface area contributed by atoms with Crippen LogP contribution in [0.4, 0.5) is 11.6 Å². The van der Waals surface area contributed by atoms with Crippen molar-refractivity contribution in [3.8, 4) is 0 Å². The van der Waals surface area contributed by atoms with Crippen molar-refractivity contribution in [2.24, 2.45) is 0 Å². The molecule has 2 aromatic heterocycles. The van der Waals surface area contributed by atoms with E-state index in [1.165, 1.54) is 0 Å². The van der Waals surface area contributed by atoms with Crippen LogP contribution in [0.2, 0.25) is 0 Å². The van der Waals surface area contributed by atoms with Crippen molar-refractivity contribution in [1.82, 2.24) is 20.2 Å². The Morgan fingerprint density at radius 2 is 2.14 bits per heavy atom. The molecule has 0 aromatic carbocycles. The van der Waals surface area contributed by atoms with Gasteiger partial charge in [-0.25, -0.2) is 9.97 Å². The molecule has 2 aromatic rings. The van der Waals surface area contributed by atoms with Gasteiger partial charge in [-0.3, -0.25) is 0 Å². The van der Waals surface area contributed by atoms with Crippen LogP contribution in [0.5, 0.6) is 0 Å². The monoisotopic (exact) mass is 348 g/mol. The molecule has 1 saturated heterocycles. The van der Waals surface area contributed by atoms with Crippen molar-refractivity contribution in [2.45, 2.75) is 18.9 Å². The molecule has 1 fully saturated rings. The van der Waals surface area contributed by atoms with Crippen LogP contribution in [-0.2, 0) is 0 Å². The van der Waals surface area contributed by atoms with Crippen LogP contribution in [0.3, 0.4) is 0 Å². The highest BCUT2D eigenvalue weighted by molar-refractivity contribution is 9.10. The van der Waals surface area contributed by atoms with Gasteiger partial charge in [0.15, 0.2) is 5.82 Å². The van der Waals surface area contributed by atoms with E-state index in [0.29, 0.717) is 0 Å². The van der Waals surface area contributed by atoms with Crippen LogP contribution in [0.25, 0.3) is 0 Å². The molecule has 0 saturated carbocycles. The van der Waals surface area contributed by atoms with Crippen LogP contribution in [-0.4, -0.2) is 40.8 Å². The van der Waals surface area contributed by atoms with Gasteiger partial charge in [-0.05, 0) is 40.9 Å². The molecule has 0 spiro atoms.